The molecule has 3 aromatic rings. The first-order chi connectivity index (χ1) is 15.0. The van der Waals surface area contributed by atoms with Crippen LogP contribution in [0.15, 0.2) is 42.5 Å². The Morgan fingerprint density at radius 1 is 1.23 bits per heavy atom. The first-order valence-corrected chi connectivity index (χ1v) is 10.7. The number of amides is 1. The summed E-state index contributed by atoms with van der Waals surface area (Å²) in [7, 11) is 1.65. The number of nitro benzene ring substituents is 1. The summed E-state index contributed by atoms with van der Waals surface area (Å²) in [6.07, 6.45) is 3.09. The number of rotatable bonds is 5. The second-order valence-electron chi connectivity index (χ2n) is 7.26. The number of nitrogens with zero attached hydrogens (tertiary/aromatic N) is 4. The van der Waals surface area contributed by atoms with Gasteiger partial charge in [-0.3, -0.25) is 14.9 Å². The number of hydrogen-bond donors (Lipinski definition) is 0. The van der Waals surface area contributed by atoms with Gasteiger partial charge in [0.1, 0.15) is 11.3 Å². The third-order valence-electron chi connectivity index (χ3n) is 5.27. The molecule has 1 aliphatic rings. The van der Waals surface area contributed by atoms with Crippen molar-refractivity contribution in [1.29, 1.82) is 0 Å². The van der Waals surface area contributed by atoms with Crippen LogP contribution < -0.4 is 9.64 Å². The summed E-state index contributed by atoms with van der Waals surface area (Å²) in [6, 6.07) is 10.2. The van der Waals surface area contributed by atoms with Crippen molar-refractivity contribution in [2.75, 3.05) is 38.2 Å². The molecule has 31 heavy (non-hydrogen) atoms. The van der Waals surface area contributed by atoms with Crippen molar-refractivity contribution in [3.63, 3.8) is 0 Å². The van der Waals surface area contributed by atoms with E-state index in [-0.39, 0.29) is 11.6 Å². The molecule has 1 saturated heterocycles. The van der Waals surface area contributed by atoms with Gasteiger partial charge in [-0.2, -0.15) is 0 Å². The van der Waals surface area contributed by atoms with Crippen molar-refractivity contribution in [3.05, 3.63) is 63.7 Å². The molecule has 9 heteroatoms. The van der Waals surface area contributed by atoms with Gasteiger partial charge in [-0.05, 0) is 30.2 Å². The van der Waals surface area contributed by atoms with Crippen LogP contribution in [-0.2, 0) is 4.79 Å². The number of nitro groups is 1. The van der Waals surface area contributed by atoms with Crippen LogP contribution in [0.2, 0.25) is 0 Å². The number of aryl methyl sites for hydroxylation is 1. The lowest BCUT2D eigenvalue weighted by Crippen LogP contribution is -2.48. The number of carbonyl (C=O) groups excluding carboxylic acids is 1. The third kappa shape index (κ3) is 4.36. The number of benzene rings is 2. The van der Waals surface area contributed by atoms with Crippen LogP contribution in [0.3, 0.4) is 0 Å². The maximum Gasteiger partial charge on any atom is 0.270 e. The van der Waals surface area contributed by atoms with Gasteiger partial charge in [0.2, 0.25) is 5.91 Å². The first kappa shape index (κ1) is 20.8. The molecule has 8 nitrogen and oxygen atoms in total. The minimum atomic E-state index is -0.447. The highest BCUT2D eigenvalue weighted by atomic mass is 32.1. The van der Waals surface area contributed by atoms with Gasteiger partial charge >= 0.3 is 0 Å². The molecule has 160 valence electrons. The van der Waals surface area contributed by atoms with E-state index in [0.717, 1.165) is 21.1 Å². The van der Waals surface area contributed by atoms with Crippen molar-refractivity contribution in [2.45, 2.75) is 6.92 Å². The van der Waals surface area contributed by atoms with Gasteiger partial charge in [0.15, 0.2) is 5.13 Å². The Labute approximate surface area is 183 Å². The minimum absolute atomic E-state index is 0.00548. The SMILES string of the molecule is COc1ccc(C)c2sc(N3CCN(C(=O)/C=C/c4cccc([N+](=O)[O-])c4)CC3)nc12. The number of anilines is 1. The monoisotopic (exact) mass is 438 g/mol. The van der Waals surface area contributed by atoms with E-state index in [4.69, 9.17) is 9.72 Å². The summed E-state index contributed by atoms with van der Waals surface area (Å²) >= 11 is 1.64. The number of aromatic nitrogens is 1. The zero-order chi connectivity index (χ0) is 22.0. The van der Waals surface area contributed by atoms with Gasteiger partial charge < -0.3 is 14.5 Å². The second kappa shape index (κ2) is 8.73. The van der Waals surface area contributed by atoms with Crippen molar-refractivity contribution in [1.82, 2.24) is 9.88 Å². The summed E-state index contributed by atoms with van der Waals surface area (Å²) in [4.78, 5) is 31.8. The molecule has 2 aromatic carbocycles. The fourth-order valence-electron chi connectivity index (χ4n) is 3.53. The van der Waals surface area contributed by atoms with E-state index < -0.39 is 4.92 Å². The Kier molecular flexibility index (Phi) is 5.85. The van der Waals surface area contributed by atoms with Gasteiger partial charge in [0.05, 0.1) is 16.7 Å². The molecule has 0 saturated carbocycles. The molecule has 0 N–H and O–H groups in total. The Bertz CT molecular complexity index is 1170. The molecular formula is C22H22N4O4S. The van der Waals surface area contributed by atoms with Crippen LogP contribution in [0.25, 0.3) is 16.3 Å². The van der Waals surface area contributed by atoms with Crippen LogP contribution in [0.4, 0.5) is 10.8 Å². The lowest BCUT2D eigenvalue weighted by atomic mass is 10.2. The Morgan fingerprint density at radius 3 is 2.71 bits per heavy atom. The number of fused-ring (bicyclic) bond motifs is 1. The normalized spacial score (nSPS) is 14.4. The van der Waals surface area contributed by atoms with Crippen molar-refractivity contribution >= 4 is 44.4 Å². The summed E-state index contributed by atoms with van der Waals surface area (Å²) < 4.78 is 6.56. The van der Waals surface area contributed by atoms with Gasteiger partial charge in [-0.25, -0.2) is 4.98 Å². The molecule has 0 spiro atoms. The Hall–Kier alpha value is -3.46. The molecule has 0 aliphatic carbocycles. The van der Waals surface area contributed by atoms with Crippen molar-refractivity contribution in [3.8, 4) is 5.75 Å². The fraction of sp³-hybridized carbons (Fsp3) is 0.273. The minimum Gasteiger partial charge on any atom is -0.494 e. The van der Waals surface area contributed by atoms with Crippen LogP contribution in [0.5, 0.6) is 5.75 Å². The number of piperazine rings is 1. The molecule has 4 rings (SSSR count). The molecule has 1 fully saturated rings. The molecule has 0 unspecified atom stereocenters. The van der Waals surface area contributed by atoms with E-state index in [9.17, 15) is 14.9 Å². The fourth-order valence-corrected chi connectivity index (χ4v) is 4.63. The quantitative estimate of drug-likeness (QED) is 0.341. The topological polar surface area (TPSA) is 88.8 Å². The number of ether oxygens (including phenoxy) is 1. The number of non-ortho nitro benzene ring substituents is 1. The van der Waals surface area contributed by atoms with Gasteiger partial charge in [0, 0.05) is 44.4 Å². The standard InChI is InChI=1S/C22H22N4O4S/c1-15-6-8-18(30-2)20-21(15)31-22(23-20)25-12-10-24(11-13-25)19(27)9-7-16-4-3-5-17(14-16)26(28)29/h3-9,14H,10-13H2,1-2H3/b9-7+. The van der Waals surface area contributed by atoms with E-state index in [1.165, 1.54) is 23.8 Å². The summed E-state index contributed by atoms with van der Waals surface area (Å²) in [5.74, 6) is 0.663. The summed E-state index contributed by atoms with van der Waals surface area (Å²) in [6.45, 7) is 4.62. The predicted octanol–water partition coefficient (Wildman–Crippen LogP) is 3.88. The van der Waals surface area contributed by atoms with E-state index >= 15 is 0 Å². The maximum absolute atomic E-state index is 12.6. The average Bonchev–Trinajstić information content (AvgIpc) is 3.24. The van der Waals surface area contributed by atoms with Crippen molar-refractivity contribution in [2.24, 2.45) is 0 Å². The zero-order valence-electron chi connectivity index (χ0n) is 17.3. The highest BCUT2D eigenvalue weighted by Gasteiger charge is 2.23. The van der Waals surface area contributed by atoms with Crippen LogP contribution in [0.1, 0.15) is 11.1 Å². The molecule has 1 amide bonds. The van der Waals surface area contributed by atoms with Gasteiger partial charge in [-0.1, -0.05) is 29.5 Å². The molecule has 2 heterocycles. The first-order valence-electron chi connectivity index (χ1n) is 9.87. The van der Waals surface area contributed by atoms with E-state index in [1.807, 2.05) is 12.1 Å². The molecular weight excluding hydrogens is 416 g/mol. The molecule has 0 bridgehead atoms. The Balaban J connectivity index is 1.41. The Morgan fingerprint density at radius 2 is 2.00 bits per heavy atom. The lowest BCUT2D eigenvalue weighted by Gasteiger charge is -2.34. The van der Waals surface area contributed by atoms with E-state index in [2.05, 4.69) is 11.8 Å². The average molecular weight is 439 g/mol. The molecule has 1 aliphatic heterocycles. The number of thiazole rings is 1. The predicted molar refractivity (Wildman–Crippen MR) is 122 cm³/mol. The largest absolute Gasteiger partial charge is 0.494 e. The number of methoxy groups -OCH3 is 1. The molecule has 1 aromatic heterocycles. The third-order valence-corrected chi connectivity index (χ3v) is 6.52. The van der Waals surface area contributed by atoms with Gasteiger partial charge in [-0.15, -0.1) is 0 Å². The van der Waals surface area contributed by atoms with E-state index in [0.29, 0.717) is 31.7 Å². The smallest absolute Gasteiger partial charge is 0.270 e. The zero-order valence-corrected chi connectivity index (χ0v) is 18.1. The lowest BCUT2D eigenvalue weighted by molar-refractivity contribution is -0.384. The van der Waals surface area contributed by atoms with Gasteiger partial charge in [0.25, 0.3) is 5.69 Å². The highest BCUT2D eigenvalue weighted by molar-refractivity contribution is 7.22. The van der Waals surface area contributed by atoms with Crippen molar-refractivity contribution < 1.29 is 14.5 Å². The second-order valence-corrected chi connectivity index (χ2v) is 8.23. The molecule has 0 radical (unpaired) electrons. The van der Waals surface area contributed by atoms with Crippen LogP contribution >= 0.6 is 11.3 Å². The van der Waals surface area contributed by atoms with Crippen LogP contribution in [-0.4, -0.2) is 54.0 Å². The summed E-state index contributed by atoms with van der Waals surface area (Å²) in [5, 5.41) is 11.8. The highest BCUT2D eigenvalue weighted by Crippen LogP contribution is 2.36. The van der Waals surface area contributed by atoms with Crippen LogP contribution in [0, 0.1) is 17.0 Å². The molecule has 0 atom stereocenters. The summed E-state index contributed by atoms with van der Waals surface area (Å²) in [5.41, 5.74) is 2.67. The number of carbonyl (C=O) groups is 1. The number of hydrogen-bond acceptors (Lipinski definition) is 7. The maximum atomic E-state index is 12.6. The van der Waals surface area contributed by atoms with E-state index in [1.54, 1.807) is 41.6 Å².